The smallest absolute Gasteiger partial charge is 0.255 e. The Labute approximate surface area is 95.8 Å². The number of hydrogen-bond acceptors (Lipinski definition) is 2. The zero-order chi connectivity index (χ0) is 11.8. The predicted octanol–water partition coefficient (Wildman–Crippen LogP) is 1.36. The number of carbonyl (C=O) groups excluding carboxylic acids is 1. The van der Waals surface area contributed by atoms with Gasteiger partial charge in [-0.1, -0.05) is 0 Å². The maximum atomic E-state index is 12.3. The maximum Gasteiger partial charge on any atom is 0.255 e. The number of aromatic amines is 1. The number of hydrogen-bond donors (Lipinski definition) is 2. The van der Waals surface area contributed by atoms with E-state index in [9.17, 15) is 4.79 Å². The van der Waals surface area contributed by atoms with Crippen LogP contribution in [-0.2, 0) is 0 Å². The summed E-state index contributed by atoms with van der Waals surface area (Å²) in [7, 11) is 0. The lowest BCUT2D eigenvalue weighted by Crippen LogP contribution is -2.56. The fourth-order valence-electron chi connectivity index (χ4n) is 2.22. The number of piperidine rings is 1. The molecule has 1 atom stereocenters. The summed E-state index contributed by atoms with van der Waals surface area (Å²) in [6.45, 7) is 4.85. The first-order chi connectivity index (χ1) is 7.50. The van der Waals surface area contributed by atoms with Crippen molar-refractivity contribution in [2.45, 2.75) is 38.3 Å². The summed E-state index contributed by atoms with van der Waals surface area (Å²) in [4.78, 5) is 17.1. The average molecular weight is 221 g/mol. The molecule has 1 saturated heterocycles. The monoisotopic (exact) mass is 221 g/mol. The molecular weight excluding hydrogens is 202 g/mol. The third kappa shape index (κ3) is 1.97. The van der Waals surface area contributed by atoms with Crippen molar-refractivity contribution in [2.24, 2.45) is 5.73 Å². The Morgan fingerprint density at radius 3 is 3.00 bits per heavy atom. The summed E-state index contributed by atoms with van der Waals surface area (Å²) in [5, 5.41) is 0. The molecule has 0 spiro atoms. The van der Waals surface area contributed by atoms with Gasteiger partial charge in [-0.25, -0.2) is 0 Å². The molecule has 0 bridgehead atoms. The molecule has 0 radical (unpaired) electrons. The van der Waals surface area contributed by atoms with E-state index in [2.05, 4.69) is 18.8 Å². The first kappa shape index (κ1) is 11.2. The Morgan fingerprint density at radius 1 is 1.62 bits per heavy atom. The fourth-order valence-corrected chi connectivity index (χ4v) is 2.22. The summed E-state index contributed by atoms with van der Waals surface area (Å²) in [5.41, 5.74) is 6.55. The second-order valence-corrected chi connectivity index (χ2v) is 5.13. The van der Waals surface area contributed by atoms with Crippen molar-refractivity contribution < 1.29 is 4.79 Å². The van der Waals surface area contributed by atoms with E-state index in [1.165, 1.54) is 0 Å². The van der Waals surface area contributed by atoms with Crippen LogP contribution in [0.4, 0.5) is 0 Å². The van der Waals surface area contributed by atoms with Crippen LogP contribution in [0.1, 0.15) is 37.0 Å². The van der Waals surface area contributed by atoms with Crippen molar-refractivity contribution in [3.05, 3.63) is 24.0 Å². The van der Waals surface area contributed by atoms with Crippen LogP contribution in [0.5, 0.6) is 0 Å². The highest BCUT2D eigenvalue weighted by molar-refractivity contribution is 5.94. The molecule has 2 heterocycles. The lowest BCUT2D eigenvalue weighted by Gasteiger charge is -2.44. The fraction of sp³-hybridized carbons (Fsp3) is 0.583. The van der Waals surface area contributed by atoms with Crippen molar-refractivity contribution in [2.75, 3.05) is 6.54 Å². The quantitative estimate of drug-likeness (QED) is 0.752. The molecule has 0 aliphatic carbocycles. The summed E-state index contributed by atoms with van der Waals surface area (Å²) >= 11 is 0. The second-order valence-electron chi connectivity index (χ2n) is 5.13. The molecule has 1 aliphatic heterocycles. The lowest BCUT2D eigenvalue weighted by atomic mass is 9.88. The van der Waals surface area contributed by atoms with Crippen LogP contribution in [0.15, 0.2) is 18.5 Å². The van der Waals surface area contributed by atoms with Gasteiger partial charge in [0.25, 0.3) is 5.91 Å². The van der Waals surface area contributed by atoms with Gasteiger partial charge >= 0.3 is 0 Å². The summed E-state index contributed by atoms with van der Waals surface area (Å²) in [5.74, 6) is 0.0707. The third-order valence-electron chi connectivity index (χ3n) is 3.36. The van der Waals surface area contributed by atoms with Gasteiger partial charge in [0.15, 0.2) is 0 Å². The Morgan fingerprint density at radius 2 is 2.38 bits per heavy atom. The number of nitrogens with two attached hydrogens (primary N) is 1. The third-order valence-corrected chi connectivity index (χ3v) is 3.36. The number of likely N-dealkylation sites (tertiary alicyclic amines) is 1. The molecule has 16 heavy (non-hydrogen) atoms. The van der Waals surface area contributed by atoms with Crippen LogP contribution < -0.4 is 5.73 Å². The van der Waals surface area contributed by atoms with Gasteiger partial charge < -0.3 is 15.6 Å². The molecule has 88 valence electrons. The van der Waals surface area contributed by atoms with E-state index in [4.69, 9.17) is 5.73 Å². The number of nitrogens with zero attached hydrogens (tertiary/aromatic N) is 1. The molecule has 3 N–H and O–H groups in total. The standard InChI is InChI=1S/C12H19N3O/c1-12(2)5-3-10(13)8-15(12)11(16)9-4-6-14-7-9/h4,6-7,10,14H,3,5,8,13H2,1-2H3. The van der Waals surface area contributed by atoms with E-state index in [-0.39, 0.29) is 17.5 Å². The average Bonchev–Trinajstić information content (AvgIpc) is 2.74. The minimum absolute atomic E-state index is 0.0707. The highest BCUT2D eigenvalue weighted by atomic mass is 16.2. The molecule has 4 heteroatoms. The molecule has 1 fully saturated rings. The molecule has 1 aliphatic rings. The van der Waals surface area contributed by atoms with Crippen LogP contribution in [-0.4, -0.2) is 33.9 Å². The molecule has 0 saturated carbocycles. The number of aromatic nitrogens is 1. The molecule has 1 unspecified atom stereocenters. The highest BCUT2D eigenvalue weighted by Gasteiger charge is 2.36. The summed E-state index contributed by atoms with van der Waals surface area (Å²) in [6, 6.07) is 1.91. The Kier molecular flexibility index (Phi) is 2.76. The molecule has 1 amide bonds. The van der Waals surface area contributed by atoms with Crippen molar-refractivity contribution in [3.63, 3.8) is 0 Å². The van der Waals surface area contributed by atoms with Crippen LogP contribution in [0, 0.1) is 0 Å². The molecule has 1 aromatic rings. The van der Waals surface area contributed by atoms with Crippen LogP contribution in [0.25, 0.3) is 0 Å². The van der Waals surface area contributed by atoms with Gasteiger partial charge in [-0.2, -0.15) is 0 Å². The second kappa shape index (κ2) is 3.94. The first-order valence-corrected chi connectivity index (χ1v) is 5.71. The van der Waals surface area contributed by atoms with E-state index in [1.807, 2.05) is 4.90 Å². The zero-order valence-corrected chi connectivity index (χ0v) is 9.86. The summed E-state index contributed by atoms with van der Waals surface area (Å²) in [6.07, 6.45) is 5.46. The number of amides is 1. The van der Waals surface area contributed by atoms with Crippen molar-refractivity contribution >= 4 is 5.91 Å². The maximum absolute atomic E-state index is 12.3. The van der Waals surface area contributed by atoms with E-state index in [0.29, 0.717) is 12.1 Å². The highest BCUT2D eigenvalue weighted by Crippen LogP contribution is 2.28. The SMILES string of the molecule is CC1(C)CCC(N)CN1C(=O)c1cc[nH]c1. The van der Waals surface area contributed by atoms with Gasteiger partial charge in [-0.05, 0) is 32.8 Å². The topological polar surface area (TPSA) is 62.1 Å². The Hall–Kier alpha value is -1.29. The Bertz CT molecular complexity index is 370. The summed E-state index contributed by atoms with van der Waals surface area (Å²) < 4.78 is 0. The van der Waals surface area contributed by atoms with Gasteiger partial charge in [-0.15, -0.1) is 0 Å². The van der Waals surface area contributed by atoms with E-state index >= 15 is 0 Å². The zero-order valence-electron chi connectivity index (χ0n) is 9.86. The van der Waals surface area contributed by atoms with E-state index < -0.39 is 0 Å². The first-order valence-electron chi connectivity index (χ1n) is 5.71. The minimum Gasteiger partial charge on any atom is -0.367 e. The van der Waals surface area contributed by atoms with Gasteiger partial charge in [-0.3, -0.25) is 4.79 Å². The molecular formula is C12H19N3O. The Balaban J connectivity index is 2.21. The number of H-pyrrole nitrogens is 1. The number of nitrogens with one attached hydrogen (secondary N) is 1. The van der Waals surface area contributed by atoms with E-state index in [1.54, 1.807) is 18.5 Å². The van der Waals surface area contributed by atoms with Crippen molar-refractivity contribution in [3.8, 4) is 0 Å². The normalized spacial score (nSPS) is 24.4. The molecule has 2 rings (SSSR count). The van der Waals surface area contributed by atoms with Gasteiger partial charge in [0.2, 0.25) is 0 Å². The van der Waals surface area contributed by atoms with E-state index in [0.717, 1.165) is 12.8 Å². The lowest BCUT2D eigenvalue weighted by molar-refractivity contribution is 0.0395. The van der Waals surface area contributed by atoms with Gasteiger partial charge in [0, 0.05) is 30.5 Å². The minimum atomic E-state index is -0.0930. The molecule has 0 aromatic carbocycles. The van der Waals surface area contributed by atoms with Gasteiger partial charge in [0.05, 0.1) is 5.56 Å². The van der Waals surface area contributed by atoms with Crippen LogP contribution >= 0.6 is 0 Å². The van der Waals surface area contributed by atoms with Gasteiger partial charge in [0.1, 0.15) is 0 Å². The predicted molar refractivity (Wildman–Crippen MR) is 63.1 cm³/mol. The largest absolute Gasteiger partial charge is 0.367 e. The van der Waals surface area contributed by atoms with Crippen molar-refractivity contribution in [1.82, 2.24) is 9.88 Å². The number of carbonyl (C=O) groups is 1. The number of rotatable bonds is 1. The van der Waals surface area contributed by atoms with Crippen LogP contribution in [0.2, 0.25) is 0 Å². The van der Waals surface area contributed by atoms with Crippen molar-refractivity contribution in [1.29, 1.82) is 0 Å². The molecule has 1 aromatic heterocycles. The molecule has 4 nitrogen and oxygen atoms in total. The van der Waals surface area contributed by atoms with Crippen LogP contribution in [0.3, 0.4) is 0 Å².